The van der Waals surface area contributed by atoms with Gasteiger partial charge >= 0.3 is 0 Å². The molecule has 12 nitrogen and oxygen atoms in total. The summed E-state index contributed by atoms with van der Waals surface area (Å²) in [6.45, 7) is -0.740. The Kier molecular flexibility index (Phi) is 5.78. The van der Waals surface area contributed by atoms with Gasteiger partial charge in [-0.3, -0.25) is 4.79 Å². The van der Waals surface area contributed by atoms with Crippen LogP contribution in [0.15, 0.2) is 39.5 Å². The maximum absolute atomic E-state index is 13.2. The van der Waals surface area contributed by atoms with E-state index in [1.165, 1.54) is 6.07 Å². The molecule has 5 atom stereocenters. The number of aliphatic hydroxyl groups excluding tert-OH is 4. The first-order valence-corrected chi connectivity index (χ1v) is 9.64. The van der Waals surface area contributed by atoms with E-state index < -0.39 is 71.5 Å². The molecule has 33 heavy (non-hydrogen) atoms. The predicted octanol–water partition coefficient (Wildman–Crippen LogP) is -0.539. The maximum atomic E-state index is 13.2. The van der Waals surface area contributed by atoms with Gasteiger partial charge in [0.1, 0.15) is 46.9 Å². The van der Waals surface area contributed by atoms with Crippen LogP contribution in [0.4, 0.5) is 0 Å². The van der Waals surface area contributed by atoms with Crippen molar-refractivity contribution in [3.63, 3.8) is 0 Å². The summed E-state index contributed by atoms with van der Waals surface area (Å²) in [5.41, 5.74) is -1.19. The molecule has 1 aliphatic rings. The summed E-state index contributed by atoms with van der Waals surface area (Å²) < 4.78 is 16.5. The molecule has 12 heteroatoms. The minimum absolute atomic E-state index is 0.0201. The van der Waals surface area contributed by atoms with Gasteiger partial charge in [0, 0.05) is 17.7 Å². The number of rotatable bonds is 4. The van der Waals surface area contributed by atoms with Gasteiger partial charge in [-0.15, -0.1) is 0 Å². The van der Waals surface area contributed by atoms with E-state index in [-0.39, 0.29) is 22.3 Å². The second-order valence-electron chi connectivity index (χ2n) is 7.45. The van der Waals surface area contributed by atoms with Gasteiger partial charge in [0.05, 0.1) is 6.61 Å². The maximum Gasteiger partial charge on any atom is 0.239 e. The molecular formula is C21H20O12. The highest BCUT2D eigenvalue weighted by molar-refractivity contribution is 5.88. The van der Waals surface area contributed by atoms with E-state index in [0.29, 0.717) is 0 Å². The molecule has 0 saturated carbocycles. The largest absolute Gasteiger partial charge is 0.508 e. The van der Waals surface area contributed by atoms with Crippen LogP contribution in [0.25, 0.3) is 22.3 Å². The van der Waals surface area contributed by atoms with Crippen LogP contribution in [0.1, 0.15) is 0 Å². The summed E-state index contributed by atoms with van der Waals surface area (Å²) in [5.74, 6) is -3.05. The Labute approximate surface area is 184 Å². The van der Waals surface area contributed by atoms with Crippen molar-refractivity contribution in [2.24, 2.45) is 0 Å². The van der Waals surface area contributed by atoms with Crippen LogP contribution < -0.4 is 10.2 Å². The third-order valence-electron chi connectivity index (χ3n) is 5.24. The van der Waals surface area contributed by atoms with E-state index in [9.17, 15) is 45.6 Å². The number of aromatic hydroxyl groups is 4. The molecule has 1 aliphatic heterocycles. The third kappa shape index (κ3) is 3.90. The summed E-state index contributed by atoms with van der Waals surface area (Å²) in [4.78, 5) is 13.2. The van der Waals surface area contributed by atoms with Crippen molar-refractivity contribution in [3.05, 3.63) is 40.6 Å². The van der Waals surface area contributed by atoms with Gasteiger partial charge in [0.15, 0.2) is 17.3 Å². The van der Waals surface area contributed by atoms with E-state index in [1.54, 1.807) is 0 Å². The minimum Gasteiger partial charge on any atom is -0.508 e. The zero-order chi connectivity index (χ0) is 24.0. The van der Waals surface area contributed by atoms with E-state index in [4.69, 9.17) is 13.9 Å². The molecule has 3 aromatic rings. The first kappa shape index (κ1) is 22.6. The molecule has 1 saturated heterocycles. The van der Waals surface area contributed by atoms with Crippen LogP contribution in [0.3, 0.4) is 0 Å². The second-order valence-corrected chi connectivity index (χ2v) is 7.45. The number of phenolic OH excluding ortho intramolecular Hbond substituents is 4. The fourth-order valence-corrected chi connectivity index (χ4v) is 3.51. The van der Waals surface area contributed by atoms with Crippen molar-refractivity contribution >= 4 is 11.0 Å². The zero-order valence-electron chi connectivity index (χ0n) is 16.7. The topological polar surface area (TPSA) is 211 Å². The molecule has 176 valence electrons. The lowest BCUT2D eigenvalue weighted by atomic mass is 9.99. The van der Waals surface area contributed by atoms with Crippen molar-refractivity contribution < 1.29 is 54.7 Å². The molecule has 0 amide bonds. The number of hydrogen-bond acceptors (Lipinski definition) is 12. The van der Waals surface area contributed by atoms with Crippen molar-refractivity contribution in [2.75, 3.05) is 6.61 Å². The molecule has 0 aliphatic carbocycles. The molecule has 1 aromatic heterocycles. The summed E-state index contributed by atoms with van der Waals surface area (Å²) in [5, 5.41) is 78.7. The van der Waals surface area contributed by atoms with Gasteiger partial charge in [0.2, 0.25) is 17.5 Å². The molecular weight excluding hydrogens is 444 g/mol. The summed E-state index contributed by atoms with van der Waals surface area (Å²) in [7, 11) is 0. The van der Waals surface area contributed by atoms with Crippen LogP contribution in [0, 0.1) is 0 Å². The lowest BCUT2D eigenvalue weighted by molar-refractivity contribution is -0.277. The molecule has 0 spiro atoms. The van der Waals surface area contributed by atoms with Gasteiger partial charge in [0.25, 0.3) is 0 Å². The van der Waals surface area contributed by atoms with Gasteiger partial charge < -0.3 is 54.7 Å². The Bertz CT molecular complexity index is 1250. The summed E-state index contributed by atoms with van der Waals surface area (Å²) >= 11 is 0. The highest BCUT2D eigenvalue weighted by Gasteiger charge is 2.45. The summed E-state index contributed by atoms with van der Waals surface area (Å²) in [6, 6.07) is 5.36. The van der Waals surface area contributed by atoms with E-state index >= 15 is 0 Å². The average Bonchev–Trinajstić information content (AvgIpc) is 2.76. The van der Waals surface area contributed by atoms with Gasteiger partial charge in [-0.25, -0.2) is 0 Å². The van der Waals surface area contributed by atoms with E-state index in [1.807, 2.05) is 0 Å². The quantitative estimate of drug-likeness (QED) is 0.229. The fraction of sp³-hybridized carbons (Fsp3) is 0.286. The first-order chi connectivity index (χ1) is 15.6. The van der Waals surface area contributed by atoms with Gasteiger partial charge in [-0.05, 0) is 18.2 Å². The molecule has 0 bridgehead atoms. The molecule has 0 radical (unpaired) electrons. The van der Waals surface area contributed by atoms with Gasteiger partial charge in [-0.2, -0.15) is 0 Å². The van der Waals surface area contributed by atoms with E-state index in [2.05, 4.69) is 0 Å². The van der Waals surface area contributed by atoms with Crippen molar-refractivity contribution in [3.8, 4) is 40.1 Å². The lowest BCUT2D eigenvalue weighted by Crippen LogP contribution is -2.60. The molecule has 1 fully saturated rings. The predicted molar refractivity (Wildman–Crippen MR) is 109 cm³/mol. The number of ether oxygens (including phenoxy) is 2. The zero-order valence-corrected chi connectivity index (χ0v) is 16.7. The highest BCUT2D eigenvalue weighted by atomic mass is 16.7. The molecule has 0 unspecified atom stereocenters. The standard InChI is InChI=1S/C21H20O12/c22-6-13-15(27)17(29)18(30)21(32-13)33-20-16(28)14-11(26)4-8(23)5-12(14)31-19(20)7-1-2-9(24)10(25)3-7/h1-5,13,15,17-18,21-27,29-30H,6H2/t13-,15-,17+,18+,21+/m0/s1. The SMILES string of the molecule is O=c1c(O[C@H]2O[C@@H](CO)[C@H](O)[C@@H](O)[C@H]2O)c(-c2ccc(O)c(O)c2)oc2cc(O)cc(O)c12. The van der Waals surface area contributed by atoms with Crippen LogP contribution in [0.2, 0.25) is 0 Å². The monoisotopic (exact) mass is 464 g/mol. The Morgan fingerprint density at radius 3 is 2.27 bits per heavy atom. The second kappa shape index (κ2) is 8.42. The van der Waals surface area contributed by atoms with Crippen LogP contribution in [-0.4, -0.2) is 78.2 Å². The Morgan fingerprint density at radius 2 is 1.61 bits per heavy atom. The fourth-order valence-electron chi connectivity index (χ4n) is 3.51. The molecule has 2 heterocycles. The van der Waals surface area contributed by atoms with Crippen molar-refractivity contribution in [1.29, 1.82) is 0 Å². The van der Waals surface area contributed by atoms with Crippen molar-refractivity contribution in [2.45, 2.75) is 30.7 Å². The van der Waals surface area contributed by atoms with Crippen molar-refractivity contribution in [1.82, 2.24) is 0 Å². The smallest absolute Gasteiger partial charge is 0.239 e. The Hall–Kier alpha value is -3.55. The number of aliphatic hydroxyl groups is 4. The molecule has 4 rings (SSSR count). The summed E-state index contributed by atoms with van der Waals surface area (Å²) in [6.07, 6.45) is -8.40. The molecule has 2 aromatic carbocycles. The van der Waals surface area contributed by atoms with Gasteiger partial charge in [-0.1, -0.05) is 0 Å². The van der Waals surface area contributed by atoms with Crippen LogP contribution in [0.5, 0.6) is 28.7 Å². The number of hydrogen-bond donors (Lipinski definition) is 8. The number of phenols is 4. The number of benzene rings is 2. The van der Waals surface area contributed by atoms with Crippen LogP contribution >= 0.6 is 0 Å². The lowest BCUT2D eigenvalue weighted by Gasteiger charge is -2.39. The highest BCUT2D eigenvalue weighted by Crippen LogP contribution is 2.39. The Morgan fingerprint density at radius 1 is 0.879 bits per heavy atom. The van der Waals surface area contributed by atoms with E-state index in [0.717, 1.165) is 24.3 Å². The Balaban J connectivity index is 1.91. The normalized spacial score (nSPS) is 25.3. The first-order valence-electron chi connectivity index (χ1n) is 9.64. The average molecular weight is 464 g/mol. The minimum atomic E-state index is -1.85. The number of fused-ring (bicyclic) bond motifs is 1. The third-order valence-corrected chi connectivity index (χ3v) is 5.24. The van der Waals surface area contributed by atoms with Crippen LogP contribution in [-0.2, 0) is 4.74 Å². The molecule has 8 N–H and O–H groups in total.